The second-order valence-corrected chi connectivity index (χ2v) is 4.76. The molecular weight excluding hydrogens is 190 g/mol. The Bertz CT molecular complexity index is 208. The number of esters is 1. The Hall–Kier alpha value is -0.570. The average Bonchev–Trinajstić information content (AvgIpc) is 2.23. The predicted octanol–water partition coefficient (Wildman–Crippen LogP) is 1.86. The van der Waals surface area contributed by atoms with E-state index >= 15 is 0 Å². The van der Waals surface area contributed by atoms with Crippen LogP contribution in [-0.2, 0) is 9.53 Å². The summed E-state index contributed by atoms with van der Waals surface area (Å²) in [7, 11) is 0. The summed E-state index contributed by atoms with van der Waals surface area (Å²) in [4.78, 5) is 11.6. The highest BCUT2D eigenvalue weighted by atomic mass is 16.5. The normalized spacial score (nSPS) is 27.1. The van der Waals surface area contributed by atoms with E-state index in [-0.39, 0.29) is 12.0 Å². The van der Waals surface area contributed by atoms with Crippen LogP contribution in [-0.4, -0.2) is 25.2 Å². The molecular formula is C12H21NO2. The van der Waals surface area contributed by atoms with E-state index in [0.717, 1.165) is 31.7 Å². The number of ether oxygens (including phenoxy) is 1. The topological polar surface area (TPSA) is 38.3 Å². The lowest BCUT2D eigenvalue weighted by Crippen LogP contribution is -2.41. The molecule has 0 amide bonds. The molecule has 1 heterocycles. The maximum absolute atomic E-state index is 11.6. The van der Waals surface area contributed by atoms with Gasteiger partial charge in [0, 0.05) is 0 Å². The highest BCUT2D eigenvalue weighted by Gasteiger charge is 2.23. The van der Waals surface area contributed by atoms with Crippen LogP contribution in [0, 0.1) is 5.92 Å². The van der Waals surface area contributed by atoms with E-state index < -0.39 is 0 Å². The van der Waals surface area contributed by atoms with E-state index in [1.165, 1.54) is 25.7 Å². The molecule has 2 rings (SSSR count). The standard InChI is InChI=1S/C12H21NO2/c14-12(11-6-1-2-8-13-11)15-9-7-10-4-3-5-10/h10-11,13H,1-9H2/t11-/m1/s1. The van der Waals surface area contributed by atoms with E-state index in [9.17, 15) is 4.79 Å². The van der Waals surface area contributed by atoms with Crippen LogP contribution in [0.1, 0.15) is 44.9 Å². The molecule has 0 bridgehead atoms. The number of hydrogen-bond donors (Lipinski definition) is 1. The van der Waals surface area contributed by atoms with Crippen LogP contribution in [0.5, 0.6) is 0 Å². The van der Waals surface area contributed by atoms with Crippen molar-refractivity contribution in [2.75, 3.05) is 13.2 Å². The van der Waals surface area contributed by atoms with Gasteiger partial charge in [0.2, 0.25) is 0 Å². The fourth-order valence-corrected chi connectivity index (χ4v) is 2.26. The highest BCUT2D eigenvalue weighted by molar-refractivity contribution is 5.75. The summed E-state index contributed by atoms with van der Waals surface area (Å²) in [5.41, 5.74) is 0. The molecule has 1 saturated heterocycles. The summed E-state index contributed by atoms with van der Waals surface area (Å²) in [5, 5.41) is 3.21. The molecule has 1 aliphatic carbocycles. The monoisotopic (exact) mass is 211 g/mol. The summed E-state index contributed by atoms with van der Waals surface area (Å²) < 4.78 is 5.29. The predicted molar refractivity (Wildman–Crippen MR) is 58.6 cm³/mol. The smallest absolute Gasteiger partial charge is 0.323 e. The third kappa shape index (κ3) is 3.20. The van der Waals surface area contributed by atoms with Gasteiger partial charge in [-0.05, 0) is 31.7 Å². The first-order valence-corrected chi connectivity index (χ1v) is 6.26. The van der Waals surface area contributed by atoms with Crippen molar-refractivity contribution in [1.29, 1.82) is 0 Å². The Kier molecular flexibility index (Phi) is 4.01. The van der Waals surface area contributed by atoms with Gasteiger partial charge in [0.15, 0.2) is 0 Å². The molecule has 0 spiro atoms. The number of carbonyl (C=O) groups excluding carboxylic acids is 1. The van der Waals surface area contributed by atoms with Crippen LogP contribution in [0.15, 0.2) is 0 Å². The molecule has 3 nitrogen and oxygen atoms in total. The Morgan fingerprint density at radius 3 is 2.67 bits per heavy atom. The molecule has 1 saturated carbocycles. The lowest BCUT2D eigenvalue weighted by Gasteiger charge is -2.26. The fourth-order valence-electron chi connectivity index (χ4n) is 2.26. The molecule has 1 N–H and O–H groups in total. The van der Waals surface area contributed by atoms with Gasteiger partial charge in [0.05, 0.1) is 6.61 Å². The van der Waals surface area contributed by atoms with Gasteiger partial charge in [-0.15, -0.1) is 0 Å². The largest absolute Gasteiger partial charge is 0.465 e. The molecule has 1 aliphatic heterocycles. The van der Waals surface area contributed by atoms with Gasteiger partial charge in [0.25, 0.3) is 0 Å². The number of nitrogens with one attached hydrogen (secondary N) is 1. The van der Waals surface area contributed by atoms with Crippen LogP contribution in [0.25, 0.3) is 0 Å². The molecule has 2 aliphatic rings. The fraction of sp³-hybridized carbons (Fsp3) is 0.917. The van der Waals surface area contributed by atoms with Crippen LogP contribution in [0.3, 0.4) is 0 Å². The van der Waals surface area contributed by atoms with Crippen molar-refractivity contribution in [3.63, 3.8) is 0 Å². The summed E-state index contributed by atoms with van der Waals surface area (Å²) in [6.45, 7) is 1.59. The molecule has 0 unspecified atom stereocenters. The first-order valence-electron chi connectivity index (χ1n) is 6.26. The maximum atomic E-state index is 11.6. The first kappa shape index (κ1) is 10.9. The molecule has 86 valence electrons. The zero-order valence-electron chi connectivity index (χ0n) is 9.34. The summed E-state index contributed by atoms with van der Waals surface area (Å²) in [6, 6.07) is -0.0276. The maximum Gasteiger partial charge on any atom is 0.323 e. The minimum Gasteiger partial charge on any atom is -0.465 e. The highest BCUT2D eigenvalue weighted by Crippen LogP contribution is 2.29. The van der Waals surface area contributed by atoms with Crippen molar-refractivity contribution < 1.29 is 9.53 Å². The number of carbonyl (C=O) groups is 1. The van der Waals surface area contributed by atoms with E-state index in [1.54, 1.807) is 0 Å². The minimum absolute atomic E-state index is 0.0276. The van der Waals surface area contributed by atoms with Crippen LogP contribution >= 0.6 is 0 Å². The van der Waals surface area contributed by atoms with E-state index in [1.807, 2.05) is 0 Å². The van der Waals surface area contributed by atoms with Gasteiger partial charge >= 0.3 is 5.97 Å². The van der Waals surface area contributed by atoms with Gasteiger partial charge in [-0.2, -0.15) is 0 Å². The van der Waals surface area contributed by atoms with Gasteiger partial charge in [0.1, 0.15) is 6.04 Å². The molecule has 3 heteroatoms. The second kappa shape index (κ2) is 5.50. The molecule has 2 fully saturated rings. The third-order valence-electron chi connectivity index (χ3n) is 3.59. The molecule has 1 atom stereocenters. The SMILES string of the molecule is O=C(OCCC1CCC1)[C@H]1CCCCN1. The zero-order chi connectivity index (χ0) is 10.5. The van der Waals surface area contributed by atoms with Crippen molar-refractivity contribution in [2.24, 2.45) is 5.92 Å². The lowest BCUT2D eigenvalue weighted by atomic mass is 9.83. The van der Waals surface area contributed by atoms with Crippen LogP contribution < -0.4 is 5.32 Å². The van der Waals surface area contributed by atoms with Gasteiger partial charge in [-0.1, -0.05) is 25.7 Å². The Morgan fingerprint density at radius 2 is 2.07 bits per heavy atom. The Balaban J connectivity index is 1.58. The van der Waals surface area contributed by atoms with Crippen molar-refractivity contribution in [3.05, 3.63) is 0 Å². The van der Waals surface area contributed by atoms with Crippen LogP contribution in [0.2, 0.25) is 0 Å². The number of rotatable bonds is 4. The van der Waals surface area contributed by atoms with Crippen molar-refractivity contribution >= 4 is 5.97 Å². The Morgan fingerprint density at radius 1 is 1.20 bits per heavy atom. The lowest BCUT2D eigenvalue weighted by molar-refractivity contribution is -0.147. The molecule has 0 radical (unpaired) electrons. The van der Waals surface area contributed by atoms with Crippen molar-refractivity contribution in [1.82, 2.24) is 5.32 Å². The molecule has 15 heavy (non-hydrogen) atoms. The average molecular weight is 211 g/mol. The van der Waals surface area contributed by atoms with E-state index in [2.05, 4.69) is 5.32 Å². The number of hydrogen-bond acceptors (Lipinski definition) is 3. The van der Waals surface area contributed by atoms with E-state index in [0.29, 0.717) is 6.61 Å². The van der Waals surface area contributed by atoms with Gasteiger partial charge in [-0.25, -0.2) is 0 Å². The van der Waals surface area contributed by atoms with E-state index in [4.69, 9.17) is 4.74 Å². The van der Waals surface area contributed by atoms with Crippen molar-refractivity contribution in [3.8, 4) is 0 Å². The zero-order valence-corrected chi connectivity index (χ0v) is 9.34. The first-order chi connectivity index (χ1) is 7.36. The summed E-state index contributed by atoms with van der Waals surface area (Å²) >= 11 is 0. The van der Waals surface area contributed by atoms with Crippen molar-refractivity contribution in [2.45, 2.75) is 51.0 Å². The summed E-state index contributed by atoms with van der Waals surface area (Å²) in [6.07, 6.45) is 8.38. The Labute approximate surface area is 91.6 Å². The number of piperidine rings is 1. The van der Waals surface area contributed by atoms with Gasteiger partial charge in [-0.3, -0.25) is 4.79 Å². The molecule has 0 aromatic rings. The minimum atomic E-state index is -0.0333. The second-order valence-electron chi connectivity index (χ2n) is 4.76. The molecule has 0 aromatic carbocycles. The third-order valence-corrected chi connectivity index (χ3v) is 3.59. The van der Waals surface area contributed by atoms with Gasteiger partial charge < -0.3 is 10.1 Å². The van der Waals surface area contributed by atoms with Crippen LogP contribution in [0.4, 0.5) is 0 Å². The quantitative estimate of drug-likeness (QED) is 0.721. The summed E-state index contributed by atoms with van der Waals surface area (Å²) in [5.74, 6) is 0.797. The molecule has 0 aromatic heterocycles.